The van der Waals surface area contributed by atoms with Gasteiger partial charge in [0.05, 0.1) is 0 Å². The van der Waals surface area contributed by atoms with Crippen molar-refractivity contribution < 1.29 is 15.0 Å². The fraction of sp³-hybridized carbons (Fsp3) is 0.296. The van der Waals surface area contributed by atoms with Gasteiger partial charge < -0.3 is 0 Å². The van der Waals surface area contributed by atoms with Gasteiger partial charge in [-0.2, -0.15) is 0 Å². The van der Waals surface area contributed by atoms with E-state index in [9.17, 15) is 0 Å². The Balaban J connectivity index is 0.000000469. The second kappa shape index (κ2) is 10.6. The number of unbranched alkanes of at least 4 members (excludes halogenated alkanes) is 1. The standard InChI is InChI=1S/C21H24N2.C6H10.Ni/c1-14-9-16(3)20(17(4)10-14)22-7-8-23(13-22)21-18(5)11-15(2)12-19(21)6;1-3-5-6-4-2;/h7-12H,1-6H3;3-4H,1-2,5-6H2;. The molecule has 1 aromatic heterocycles. The molecular formula is C27H34N2Ni. The number of imidazole rings is 1. The van der Waals surface area contributed by atoms with Gasteiger partial charge in [0.15, 0.2) is 0 Å². The quantitative estimate of drug-likeness (QED) is 0.221. The Bertz CT molecular complexity index is 980. The summed E-state index contributed by atoms with van der Waals surface area (Å²) in [5.74, 6) is 0. The van der Waals surface area contributed by atoms with E-state index in [1.54, 1.807) is 0 Å². The Morgan fingerprint density at radius 3 is 1.23 bits per heavy atom. The van der Waals surface area contributed by atoms with Gasteiger partial charge in [0.2, 0.25) is 0 Å². The molecule has 0 saturated carbocycles. The molecule has 3 rings (SSSR count). The predicted molar refractivity (Wildman–Crippen MR) is 126 cm³/mol. The molecule has 0 aliphatic carbocycles. The van der Waals surface area contributed by atoms with E-state index in [-0.39, 0.29) is 0 Å². The summed E-state index contributed by atoms with van der Waals surface area (Å²) in [7, 11) is 0. The van der Waals surface area contributed by atoms with Crippen LogP contribution in [-0.2, 0) is 15.0 Å². The summed E-state index contributed by atoms with van der Waals surface area (Å²) in [5.41, 5.74) is 9.99. The molecule has 3 aromatic rings. The first kappa shape index (κ1) is 23.9. The van der Waals surface area contributed by atoms with Crippen molar-refractivity contribution in [1.29, 1.82) is 0 Å². The van der Waals surface area contributed by atoms with Crippen LogP contribution in [0.2, 0.25) is 0 Å². The van der Waals surface area contributed by atoms with Crippen LogP contribution >= 0.6 is 0 Å². The van der Waals surface area contributed by atoms with E-state index >= 15 is 0 Å². The van der Waals surface area contributed by atoms with Crippen molar-refractivity contribution >= 4 is 0 Å². The average Bonchev–Trinajstić information content (AvgIpc) is 3.00. The first-order chi connectivity index (χ1) is 14.2. The second-order valence-corrected chi connectivity index (χ2v) is 8.37. The fourth-order valence-corrected chi connectivity index (χ4v) is 4.39. The molecule has 0 radical (unpaired) electrons. The Hall–Kier alpha value is -2.38. The van der Waals surface area contributed by atoms with Gasteiger partial charge >= 0.3 is 152 Å². The molecule has 162 valence electrons. The van der Waals surface area contributed by atoms with E-state index in [0.717, 1.165) is 17.2 Å². The molecule has 2 aromatic carbocycles. The van der Waals surface area contributed by atoms with Gasteiger partial charge in [-0.05, 0) is 12.8 Å². The summed E-state index contributed by atoms with van der Waals surface area (Å²) in [6.45, 7) is 20.0. The molecule has 0 N–H and O–H groups in total. The number of nitrogens with zero attached hydrogens (tertiary/aromatic N) is 2. The molecule has 2 nitrogen and oxygen atoms in total. The minimum atomic E-state index is 0.847. The summed E-state index contributed by atoms with van der Waals surface area (Å²) >= 11 is 5.46. The van der Waals surface area contributed by atoms with Crippen LogP contribution in [0.4, 0.5) is 0 Å². The predicted octanol–water partition coefficient (Wildman–Crippen LogP) is 7.34. The summed E-state index contributed by atoms with van der Waals surface area (Å²) in [6.07, 6.45) is 10.1. The van der Waals surface area contributed by atoms with Crippen molar-refractivity contribution in [3.63, 3.8) is 0 Å². The van der Waals surface area contributed by atoms with Gasteiger partial charge in [0, 0.05) is 0 Å². The van der Waals surface area contributed by atoms with Gasteiger partial charge in [-0.1, -0.05) is 12.2 Å². The topological polar surface area (TPSA) is 9.86 Å². The number of aromatic nitrogens is 2. The third-order valence-corrected chi connectivity index (χ3v) is 5.54. The summed E-state index contributed by atoms with van der Waals surface area (Å²) in [6, 6.07) is 8.87. The Morgan fingerprint density at radius 1 is 0.667 bits per heavy atom. The molecule has 0 bridgehead atoms. The van der Waals surface area contributed by atoms with Crippen molar-refractivity contribution in [2.24, 2.45) is 0 Å². The van der Waals surface area contributed by atoms with Crippen LogP contribution < -0.4 is 0 Å². The summed E-state index contributed by atoms with van der Waals surface area (Å²) < 4.78 is 5.13. The molecule has 0 aliphatic heterocycles. The monoisotopic (exact) mass is 444 g/mol. The number of rotatable bonds is 5. The molecule has 0 amide bonds. The third-order valence-electron chi connectivity index (χ3n) is 5.06. The van der Waals surface area contributed by atoms with E-state index in [2.05, 4.69) is 100 Å². The zero-order valence-corrected chi connectivity index (χ0v) is 20.1. The zero-order valence-electron chi connectivity index (χ0n) is 19.2. The fourth-order valence-electron chi connectivity index (χ4n) is 4.02. The van der Waals surface area contributed by atoms with E-state index in [1.807, 2.05) is 12.2 Å². The first-order valence-corrected chi connectivity index (χ1v) is 10.8. The van der Waals surface area contributed by atoms with Crippen molar-refractivity contribution in [1.82, 2.24) is 9.13 Å². The van der Waals surface area contributed by atoms with Crippen LogP contribution in [0.25, 0.3) is 11.4 Å². The van der Waals surface area contributed by atoms with Crippen LogP contribution in [0.1, 0.15) is 46.2 Å². The maximum atomic E-state index is 5.46. The molecule has 3 heteroatoms. The average molecular weight is 445 g/mol. The van der Waals surface area contributed by atoms with Crippen molar-refractivity contribution in [2.75, 3.05) is 0 Å². The van der Waals surface area contributed by atoms with Crippen LogP contribution in [0, 0.1) is 45.9 Å². The molecule has 0 fully saturated rings. The van der Waals surface area contributed by atoms with E-state index in [4.69, 9.17) is 15.0 Å². The molecule has 0 spiro atoms. The van der Waals surface area contributed by atoms with Gasteiger partial charge in [-0.3, -0.25) is 0 Å². The number of hydrogen-bond acceptors (Lipinski definition) is 0. The minimum absolute atomic E-state index is 0.847. The van der Waals surface area contributed by atoms with E-state index in [0.29, 0.717) is 0 Å². The molecular weight excluding hydrogens is 411 g/mol. The Kier molecular flexibility index (Phi) is 8.44. The van der Waals surface area contributed by atoms with Gasteiger partial charge in [-0.15, -0.1) is 13.2 Å². The normalized spacial score (nSPS) is 10.4. The third kappa shape index (κ3) is 5.40. The molecule has 0 atom stereocenters. The summed E-state index contributed by atoms with van der Waals surface area (Å²) in [4.78, 5) is 0. The number of allylic oxidation sites excluding steroid dienone is 2. The molecule has 1 heterocycles. The van der Waals surface area contributed by atoms with Crippen LogP contribution in [0.5, 0.6) is 0 Å². The zero-order chi connectivity index (χ0) is 22.4. The van der Waals surface area contributed by atoms with Crippen LogP contribution in [0.3, 0.4) is 0 Å². The molecule has 0 unspecified atom stereocenters. The van der Waals surface area contributed by atoms with Crippen LogP contribution in [0.15, 0.2) is 62.0 Å². The maximum absolute atomic E-state index is 5.46. The summed E-state index contributed by atoms with van der Waals surface area (Å²) in [5, 5.41) is 0. The van der Waals surface area contributed by atoms with Crippen molar-refractivity contribution in [3.05, 3.63) is 99.7 Å². The molecule has 30 heavy (non-hydrogen) atoms. The molecule has 0 aliphatic rings. The number of benzene rings is 2. The van der Waals surface area contributed by atoms with E-state index in [1.165, 1.54) is 44.8 Å². The van der Waals surface area contributed by atoms with Crippen molar-refractivity contribution in [2.45, 2.75) is 54.4 Å². The SMILES string of the molecule is C=CCCC=C.Cc1cc(C)c(-n2ccn(-c3c(C)cc(C)cc3C)[c]2=[Ni])c(C)c1. The number of hydrogen-bond donors (Lipinski definition) is 0. The van der Waals surface area contributed by atoms with Gasteiger partial charge in [0.25, 0.3) is 0 Å². The van der Waals surface area contributed by atoms with Crippen LogP contribution in [-0.4, -0.2) is 9.13 Å². The first-order valence-electron chi connectivity index (χ1n) is 10.3. The van der Waals surface area contributed by atoms with Gasteiger partial charge in [0.1, 0.15) is 0 Å². The van der Waals surface area contributed by atoms with E-state index < -0.39 is 0 Å². The Morgan fingerprint density at radius 2 is 0.967 bits per heavy atom. The molecule has 0 saturated heterocycles. The second-order valence-electron chi connectivity index (χ2n) is 7.93. The van der Waals surface area contributed by atoms with Gasteiger partial charge in [-0.25, -0.2) is 0 Å². The van der Waals surface area contributed by atoms with Crippen molar-refractivity contribution in [3.8, 4) is 11.4 Å². The Labute approximate surface area is 189 Å². The number of aryl methyl sites for hydroxylation is 6.